The molecule has 0 spiro atoms. The Labute approximate surface area is 247 Å². The fraction of sp³-hybridized carbons (Fsp3) is 0.500. The third-order valence-electron chi connectivity index (χ3n) is 6.36. The van der Waals surface area contributed by atoms with E-state index in [9.17, 15) is 28.8 Å². The molecule has 2 fully saturated rings. The first-order valence-corrected chi connectivity index (χ1v) is 14.1. The number of hydrogen-bond acceptors (Lipinski definition) is 13. The molecule has 0 N–H and O–H groups in total. The molecule has 0 saturated carbocycles. The molecule has 13 nitrogen and oxygen atoms in total. The van der Waals surface area contributed by atoms with Gasteiger partial charge in [-0.05, 0) is 49.4 Å². The van der Waals surface area contributed by atoms with Crippen LogP contribution in [0, 0.1) is 0 Å². The zero-order valence-corrected chi connectivity index (χ0v) is 25.0. The fourth-order valence-corrected chi connectivity index (χ4v) is 5.49. The zero-order chi connectivity index (χ0) is 31.1. The topological polar surface area (TPSA) is 155 Å². The van der Waals surface area contributed by atoms with E-state index in [4.69, 9.17) is 23.7 Å². The smallest absolute Gasteiger partial charge is 0.303 e. The summed E-state index contributed by atoms with van der Waals surface area (Å²) in [5.74, 6) is -3.91. The van der Waals surface area contributed by atoms with Crippen molar-refractivity contribution in [1.29, 1.82) is 0 Å². The van der Waals surface area contributed by atoms with Crippen LogP contribution in [0.2, 0.25) is 0 Å². The van der Waals surface area contributed by atoms with Crippen molar-refractivity contribution < 1.29 is 52.5 Å². The molecule has 0 aliphatic carbocycles. The molecule has 2 heterocycles. The lowest BCUT2D eigenvalue weighted by atomic mass is 9.96. The van der Waals surface area contributed by atoms with Crippen LogP contribution in [0.5, 0.6) is 0 Å². The van der Waals surface area contributed by atoms with E-state index in [1.807, 2.05) is 38.1 Å². The Hall–Kier alpha value is -3.91. The maximum atomic E-state index is 13.6. The molecule has 5 unspecified atom stereocenters. The van der Waals surface area contributed by atoms with Crippen molar-refractivity contribution >= 4 is 58.5 Å². The first kappa shape index (κ1) is 32.6. The molecule has 3 rings (SSSR count). The van der Waals surface area contributed by atoms with Gasteiger partial charge in [-0.3, -0.25) is 28.8 Å². The van der Waals surface area contributed by atoms with Crippen LogP contribution >= 0.6 is 11.8 Å². The number of ether oxygens (including phenoxy) is 5. The summed E-state index contributed by atoms with van der Waals surface area (Å²) in [6.07, 6.45) is -5.88. The van der Waals surface area contributed by atoms with Crippen molar-refractivity contribution in [3.05, 3.63) is 34.7 Å². The number of hydrogen-bond donors (Lipinski definition) is 0. The van der Waals surface area contributed by atoms with Crippen molar-refractivity contribution in [2.45, 2.75) is 72.2 Å². The van der Waals surface area contributed by atoms with Crippen molar-refractivity contribution in [3.8, 4) is 0 Å². The van der Waals surface area contributed by atoms with Crippen LogP contribution in [-0.2, 0) is 47.7 Å². The SMILES string of the molecule is CCN(CC)c1ccc(/C=C2\SC(=O)N(C3OC(COC(C)=O)C(OC(C)=O)C(OC(C)=O)C3OC(C)=O)C2=O)cc1. The van der Waals surface area contributed by atoms with E-state index in [1.165, 1.54) is 0 Å². The molecule has 0 aromatic heterocycles. The van der Waals surface area contributed by atoms with E-state index in [2.05, 4.69) is 4.90 Å². The van der Waals surface area contributed by atoms with Crippen molar-refractivity contribution in [2.24, 2.45) is 0 Å². The Bertz CT molecular complexity index is 1240. The van der Waals surface area contributed by atoms with Gasteiger partial charge in [0.15, 0.2) is 24.5 Å². The minimum Gasteiger partial charge on any atom is -0.463 e. The van der Waals surface area contributed by atoms with Crippen LogP contribution in [0.1, 0.15) is 47.1 Å². The predicted molar refractivity (Wildman–Crippen MR) is 150 cm³/mol. The number of esters is 4. The quantitative estimate of drug-likeness (QED) is 0.218. The lowest BCUT2D eigenvalue weighted by molar-refractivity contribution is -0.269. The molecule has 228 valence electrons. The van der Waals surface area contributed by atoms with Gasteiger partial charge in [-0.15, -0.1) is 0 Å². The summed E-state index contributed by atoms with van der Waals surface area (Å²) in [4.78, 5) is 77.5. The van der Waals surface area contributed by atoms with Gasteiger partial charge in [-0.25, -0.2) is 4.90 Å². The van der Waals surface area contributed by atoms with Crippen LogP contribution in [-0.4, -0.2) is 90.3 Å². The average molecular weight is 607 g/mol. The van der Waals surface area contributed by atoms with Gasteiger partial charge in [0.25, 0.3) is 11.1 Å². The van der Waals surface area contributed by atoms with Crippen molar-refractivity contribution in [3.63, 3.8) is 0 Å². The van der Waals surface area contributed by atoms with E-state index in [0.717, 1.165) is 51.4 Å². The molecule has 42 heavy (non-hydrogen) atoms. The summed E-state index contributed by atoms with van der Waals surface area (Å²) in [6.45, 7) is 9.63. The third kappa shape index (κ3) is 7.88. The molecule has 0 radical (unpaired) electrons. The molecule has 14 heteroatoms. The second-order valence-electron chi connectivity index (χ2n) is 9.41. The van der Waals surface area contributed by atoms with E-state index in [0.29, 0.717) is 17.3 Å². The predicted octanol–water partition coefficient (Wildman–Crippen LogP) is 2.65. The summed E-state index contributed by atoms with van der Waals surface area (Å²) >= 11 is 0.646. The Morgan fingerprint density at radius 1 is 0.857 bits per heavy atom. The maximum Gasteiger partial charge on any atom is 0.303 e. The Balaban J connectivity index is 2.00. The number of amides is 2. The molecular formula is C28H34N2O11S. The van der Waals surface area contributed by atoms with E-state index < -0.39 is 72.3 Å². The number of nitrogens with zero attached hydrogens (tertiary/aromatic N) is 2. The number of imide groups is 1. The third-order valence-corrected chi connectivity index (χ3v) is 7.25. The number of rotatable bonds is 10. The maximum absolute atomic E-state index is 13.6. The number of benzene rings is 1. The van der Waals surface area contributed by atoms with Crippen LogP contribution in [0.25, 0.3) is 6.08 Å². The highest BCUT2D eigenvalue weighted by molar-refractivity contribution is 8.18. The van der Waals surface area contributed by atoms with Gasteiger partial charge in [0, 0.05) is 46.5 Å². The minimum atomic E-state index is -1.62. The molecule has 2 aliphatic rings. The summed E-state index contributed by atoms with van der Waals surface area (Å²) in [5.41, 5.74) is 1.67. The van der Waals surface area contributed by atoms with E-state index in [-0.39, 0.29) is 4.91 Å². The van der Waals surface area contributed by atoms with Gasteiger partial charge >= 0.3 is 23.9 Å². The number of thioether (sulfide) groups is 1. The monoisotopic (exact) mass is 606 g/mol. The summed E-state index contributed by atoms with van der Waals surface area (Å²) in [5, 5.41) is -0.744. The van der Waals surface area contributed by atoms with Crippen molar-refractivity contribution in [1.82, 2.24) is 4.90 Å². The summed E-state index contributed by atoms with van der Waals surface area (Å²) < 4.78 is 27.2. The van der Waals surface area contributed by atoms with Crippen molar-refractivity contribution in [2.75, 3.05) is 24.6 Å². The molecule has 2 saturated heterocycles. The average Bonchev–Trinajstić information content (AvgIpc) is 3.18. The summed E-state index contributed by atoms with van der Waals surface area (Å²) in [7, 11) is 0. The van der Waals surface area contributed by atoms with E-state index in [1.54, 1.807) is 6.08 Å². The lowest BCUT2D eigenvalue weighted by Crippen LogP contribution is -2.66. The largest absolute Gasteiger partial charge is 0.463 e. The first-order valence-electron chi connectivity index (χ1n) is 13.3. The number of carbonyl (C=O) groups is 6. The Morgan fingerprint density at radius 3 is 1.93 bits per heavy atom. The normalized spacial score (nSPS) is 24.8. The molecular weight excluding hydrogens is 572 g/mol. The molecule has 2 aliphatic heterocycles. The molecule has 0 bridgehead atoms. The van der Waals surface area contributed by atoms with E-state index >= 15 is 0 Å². The number of anilines is 1. The first-order chi connectivity index (χ1) is 19.9. The highest BCUT2D eigenvalue weighted by Gasteiger charge is 2.57. The fourth-order valence-electron chi connectivity index (χ4n) is 4.63. The van der Waals surface area contributed by atoms with Crippen LogP contribution in [0.15, 0.2) is 29.2 Å². The highest BCUT2D eigenvalue weighted by Crippen LogP contribution is 2.39. The van der Waals surface area contributed by atoms with Gasteiger partial charge in [0.2, 0.25) is 0 Å². The molecule has 1 aromatic carbocycles. The Kier molecular flexibility index (Phi) is 11.1. The zero-order valence-electron chi connectivity index (χ0n) is 24.2. The number of carbonyl (C=O) groups excluding carboxylic acids is 6. The summed E-state index contributed by atoms with van der Waals surface area (Å²) in [6, 6.07) is 7.44. The lowest BCUT2D eigenvalue weighted by Gasteiger charge is -2.46. The standard InChI is InChI=1S/C28H34N2O11S/c1-7-29(8-2)20-11-9-19(10-12-20)13-22-26(35)30(28(36)42-22)27-25(40-18(6)34)24(39-17(5)33)23(38-16(4)32)21(41-27)14-37-15(3)31/h9-13,21,23-25,27H,7-8,14H2,1-6H3/b22-13-. The van der Waals surface area contributed by atoms with Gasteiger partial charge in [0.05, 0.1) is 4.91 Å². The van der Waals surface area contributed by atoms with Crippen LogP contribution in [0.3, 0.4) is 0 Å². The van der Waals surface area contributed by atoms with Gasteiger partial charge in [-0.1, -0.05) is 12.1 Å². The van der Waals surface area contributed by atoms with Crippen LogP contribution < -0.4 is 4.90 Å². The van der Waals surface area contributed by atoms with Crippen LogP contribution in [0.4, 0.5) is 10.5 Å². The molecule has 1 aromatic rings. The second-order valence-corrected chi connectivity index (χ2v) is 10.4. The minimum absolute atomic E-state index is 0.0726. The molecule has 2 amide bonds. The molecule has 5 atom stereocenters. The van der Waals surface area contributed by atoms with Gasteiger partial charge < -0.3 is 28.6 Å². The highest BCUT2D eigenvalue weighted by atomic mass is 32.2. The van der Waals surface area contributed by atoms with Gasteiger partial charge in [-0.2, -0.15) is 0 Å². The Morgan fingerprint density at radius 2 is 1.40 bits per heavy atom. The van der Waals surface area contributed by atoms with Gasteiger partial charge in [0.1, 0.15) is 12.7 Å². The second kappa shape index (κ2) is 14.3.